The van der Waals surface area contributed by atoms with Gasteiger partial charge in [0.1, 0.15) is 0 Å². The third-order valence-corrected chi connectivity index (χ3v) is 3.61. The van der Waals surface area contributed by atoms with E-state index in [2.05, 4.69) is 0 Å². The summed E-state index contributed by atoms with van der Waals surface area (Å²) in [4.78, 5) is 0. The van der Waals surface area contributed by atoms with Crippen LogP contribution < -0.4 is 0 Å². The zero-order valence-corrected chi connectivity index (χ0v) is 11.6. The molecule has 98 valence electrons. The Bertz CT molecular complexity index is 208. The fraction of sp³-hybridized carbons (Fsp3) is 1.00. The Balaban J connectivity index is 4.27. The lowest BCUT2D eigenvalue weighted by molar-refractivity contribution is -0.165. The maximum Gasteiger partial charge on any atom is 0.249 e. The van der Waals surface area contributed by atoms with Crippen LogP contribution in [0.3, 0.4) is 0 Å². The van der Waals surface area contributed by atoms with Crippen molar-refractivity contribution >= 4 is 19.6 Å². The minimum absolute atomic E-state index is 0.0368. The highest BCUT2D eigenvalue weighted by atomic mass is 35.5. The molecule has 5 nitrogen and oxygen atoms in total. The average molecular weight is 275 g/mol. The maximum absolute atomic E-state index is 11.8. The van der Waals surface area contributed by atoms with Crippen LogP contribution in [-0.2, 0) is 18.6 Å². The van der Waals surface area contributed by atoms with E-state index in [1.807, 2.05) is 0 Å². The highest BCUT2D eigenvalue weighted by molar-refractivity contribution is 7.40. The second-order valence-corrected chi connectivity index (χ2v) is 5.30. The Labute approximate surface area is 102 Å². The molecule has 0 heterocycles. The molecule has 0 aromatic carbocycles. The lowest BCUT2D eigenvalue weighted by Crippen LogP contribution is -2.30. The van der Waals surface area contributed by atoms with Crippen molar-refractivity contribution < 1.29 is 23.7 Å². The van der Waals surface area contributed by atoms with Crippen LogP contribution in [-0.4, -0.2) is 42.4 Å². The van der Waals surface area contributed by atoms with Crippen molar-refractivity contribution in [2.75, 3.05) is 25.7 Å². The van der Waals surface area contributed by atoms with Gasteiger partial charge in [-0.3, -0.25) is 4.57 Å². The molecular weight excluding hydrogens is 255 g/mol. The molecule has 0 spiro atoms. The predicted molar refractivity (Wildman–Crippen MR) is 63.3 cm³/mol. The summed E-state index contributed by atoms with van der Waals surface area (Å²) in [6, 6.07) is 0. The standard InChI is InChI=1S/C9H20ClO5P/c1-4-13-9(3,14-5-2)16(12)15-7-8(11)6-10/h8,11,16H,4-7H2,1-3H3. The van der Waals surface area contributed by atoms with E-state index < -0.39 is 19.7 Å². The van der Waals surface area contributed by atoms with Gasteiger partial charge < -0.3 is 19.1 Å². The zero-order chi connectivity index (χ0) is 12.6. The van der Waals surface area contributed by atoms with Crippen LogP contribution in [0.4, 0.5) is 0 Å². The number of alkyl halides is 1. The first kappa shape index (κ1) is 16.4. The van der Waals surface area contributed by atoms with Crippen LogP contribution in [0.1, 0.15) is 20.8 Å². The van der Waals surface area contributed by atoms with Crippen LogP contribution in [0.2, 0.25) is 0 Å². The first-order valence-electron chi connectivity index (χ1n) is 5.19. The van der Waals surface area contributed by atoms with E-state index in [1.165, 1.54) is 0 Å². The van der Waals surface area contributed by atoms with Gasteiger partial charge in [0.05, 0.1) is 18.6 Å². The van der Waals surface area contributed by atoms with Crippen molar-refractivity contribution in [1.82, 2.24) is 0 Å². The van der Waals surface area contributed by atoms with E-state index in [0.29, 0.717) is 13.2 Å². The van der Waals surface area contributed by atoms with Gasteiger partial charge in [0.25, 0.3) is 0 Å². The first-order chi connectivity index (χ1) is 7.50. The number of aliphatic hydroxyl groups excluding tert-OH is 1. The number of halogens is 1. The molecule has 0 aliphatic rings. The van der Waals surface area contributed by atoms with Crippen LogP contribution in [0.15, 0.2) is 0 Å². The lowest BCUT2D eigenvalue weighted by atomic mass is 10.4. The summed E-state index contributed by atoms with van der Waals surface area (Å²) in [6.45, 7) is 5.77. The molecule has 0 aromatic heterocycles. The van der Waals surface area contributed by atoms with Gasteiger partial charge >= 0.3 is 0 Å². The molecular formula is C9H20ClO5P. The molecule has 0 aliphatic heterocycles. The molecule has 16 heavy (non-hydrogen) atoms. The van der Waals surface area contributed by atoms with E-state index in [-0.39, 0.29) is 12.5 Å². The summed E-state index contributed by atoms with van der Waals surface area (Å²) >= 11 is 5.39. The number of rotatable bonds is 9. The first-order valence-corrected chi connectivity index (χ1v) is 7.04. The molecule has 0 aromatic rings. The maximum atomic E-state index is 11.8. The molecule has 2 unspecified atom stereocenters. The van der Waals surface area contributed by atoms with Crippen molar-refractivity contribution in [2.24, 2.45) is 0 Å². The Hall–Kier alpha value is 0.360. The summed E-state index contributed by atoms with van der Waals surface area (Å²) in [5.41, 5.74) is -1.24. The Morgan fingerprint density at radius 3 is 2.25 bits per heavy atom. The molecule has 0 amide bonds. The smallest absolute Gasteiger partial charge is 0.249 e. The lowest BCUT2D eigenvalue weighted by Gasteiger charge is -2.28. The van der Waals surface area contributed by atoms with Gasteiger partial charge in [-0.25, -0.2) is 0 Å². The Morgan fingerprint density at radius 1 is 1.38 bits per heavy atom. The van der Waals surface area contributed by atoms with E-state index in [9.17, 15) is 9.67 Å². The molecule has 0 radical (unpaired) electrons. The molecule has 0 saturated carbocycles. The molecule has 0 aliphatic carbocycles. The topological polar surface area (TPSA) is 65.0 Å². The van der Waals surface area contributed by atoms with Crippen LogP contribution >= 0.6 is 19.6 Å². The van der Waals surface area contributed by atoms with Gasteiger partial charge in [-0.1, -0.05) is 0 Å². The normalized spacial score (nSPS) is 16.1. The minimum atomic E-state index is -2.57. The van der Waals surface area contributed by atoms with E-state index in [0.717, 1.165) is 0 Å². The summed E-state index contributed by atoms with van der Waals surface area (Å²) in [7, 11) is -2.57. The zero-order valence-electron chi connectivity index (χ0n) is 9.86. The second-order valence-electron chi connectivity index (χ2n) is 3.22. The summed E-state index contributed by atoms with van der Waals surface area (Å²) in [6.07, 6.45) is -0.830. The van der Waals surface area contributed by atoms with Gasteiger partial charge in [0.2, 0.25) is 13.6 Å². The van der Waals surface area contributed by atoms with Crippen molar-refractivity contribution in [1.29, 1.82) is 0 Å². The molecule has 0 saturated heterocycles. The van der Waals surface area contributed by atoms with Crippen molar-refractivity contribution in [2.45, 2.75) is 32.4 Å². The van der Waals surface area contributed by atoms with Crippen LogP contribution in [0.25, 0.3) is 0 Å². The van der Waals surface area contributed by atoms with E-state index in [1.54, 1.807) is 20.8 Å². The largest absolute Gasteiger partial charge is 0.389 e. The number of hydrogen-bond acceptors (Lipinski definition) is 5. The molecule has 0 bridgehead atoms. The monoisotopic (exact) mass is 274 g/mol. The van der Waals surface area contributed by atoms with Crippen LogP contribution in [0, 0.1) is 0 Å². The van der Waals surface area contributed by atoms with Crippen molar-refractivity contribution in [3.8, 4) is 0 Å². The van der Waals surface area contributed by atoms with Gasteiger partial charge in [-0.05, 0) is 20.8 Å². The number of aliphatic hydroxyl groups is 1. The second kappa shape index (κ2) is 8.45. The summed E-state index contributed by atoms with van der Waals surface area (Å²) < 4.78 is 27.4. The van der Waals surface area contributed by atoms with Crippen LogP contribution in [0.5, 0.6) is 0 Å². The number of hydrogen-bond donors (Lipinski definition) is 1. The average Bonchev–Trinajstić information content (AvgIpc) is 2.25. The van der Waals surface area contributed by atoms with Gasteiger partial charge in [0.15, 0.2) is 0 Å². The van der Waals surface area contributed by atoms with Gasteiger partial charge in [-0.2, -0.15) is 0 Å². The highest BCUT2D eigenvalue weighted by Gasteiger charge is 2.34. The van der Waals surface area contributed by atoms with E-state index >= 15 is 0 Å². The minimum Gasteiger partial charge on any atom is -0.389 e. The SMILES string of the molecule is CCOC(C)(OCC)[PH](=O)OCC(O)CCl. The third-order valence-electron chi connectivity index (χ3n) is 1.80. The summed E-state index contributed by atoms with van der Waals surface area (Å²) in [5.74, 6) is 0.0368. The molecule has 7 heteroatoms. The molecule has 2 atom stereocenters. The highest BCUT2D eigenvalue weighted by Crippen LogP contribution is 2.41. The Kier molecular flexibility index (Phi) is 8.64. The van der Waals surface area contributed by atoms with E-state index in [4.69, 9.17) is 25.6 Å². The number of ether oxygens (including phenoxy) is 2. The molecule has 0 rings (SSSR count). The summed E-state index contributed by atoms with van der Waals surface area (Å²) in [5, 5.41) is 9.17. The molecule has 0 fully saturated rings. The third kappa shape index (κ3) is 5.62. The van der Waals surface area contributed by atoms with Crippen molar-refractivity contribution in [3.05, 3.63) is 0 Å². The molecule has 1 N–H and O–H groups in total. The van der Waals surface area contributed by atoms with Gasteiger partial charge in [-0.15, -0.1) is 11.6 Å². The fourth-order valence-electron chi connectivity index (χ4n) is 1.06. The Morgan fingerprint density at radius 2 is 1.88 bits per heavy atom. The fourth-order valence-corrected chi connectivity index (χ4v) is 2.28. The predicted octanol–water partition coefficient (Wildman–Crippen LogP) is 1.82. The van der Waals surface area contributed by atoms with Gasteiger partial charge in [0, 0.05) is 13.2 Å². The van der Waals surface area contributed by atoms with Crippen molar-refractivity contribution in [3.63, 3.8) is 0 Å². The quantitative estimate of drug-likeness (QED) is 0.395.